The Hall–Kier alpha value is -6.75. The molecule has 8 aromatic carbocycles. The first kappa shape index (κ1) is 29.9. The van der Waals surface area contributed by atoms with Crippen LogP contribution in [0, 0.1) is 0 Å². The first-order valence-electron chi connectivity index (χ1n) is 18.0. The molecule has 0 unspecified atom stereocenters. The summed E-state index contributed by atoms with van der Waals surface area (Å²) >= 11 is 1.74. The van der Waals surface area contributed by atoms with E-state index in [1.54, 1.807) is 11.3 Å². The molecule has 0 fully saturated rings. The van der Waals surface area contributed by atoms with E-state index in [4.69, 9.17) is 4.98 Å². The fourth-order valence-corrected chi connectivity index (χ4v) is 9.07. The van der Waals surface area contributed by atoms with Crippen LogP contribution >= 0.6 is 11.3 Å². The minimum atomic E-state index is 0.992. The molecule has 0 saturated carbocycles. The average molecular weight is 694 g/mol. The molecule has 11 aromatic rings. The van der Waals surface area contributed by atoms with Crippen molar-refractivity contribution in [1.82, 2.24) is 14.1 Å². The third-order valence-electron chi connectivity index (χ3n) is 10.5. The van der Waals surface area contributed by atoms with Crippen LogP contribution in [0.15, 0.2) is 188 Å². The van der Waals surface area contributed by atoms with Gasteiger partial charge in [0.1, 0.15) is 0 Å². The van der Waals surface area contributed by atoms with Gasteiger partial charge >= 0.3 is 0 Å². The van der Waals surface area contributed by atoms with Crippen LogP contribution in [-0.2, 0) is 0 Å². The van der Waals surface area contributed by atoms with Crippen LogP contribution in [0.4, 0.5) is 0 Å². The van der Waals surface area contributed by atoms with Crippen molar-refractivity contribution >= 4 is 65.2 Å². The topological polar surface area (TPSA) is 22.8 Å². The first-order chi connectivity index (χ1) is 26.3. The maximum Gasteiger partial charge on any atom is 0.195 e. The van der Waals surface area contributed by atoms with Gasteiger partial charge in [0.2, 0.25) is 0 Å². The number of hydrogen-bond acceptors (Lipinski definition) is 2. The number of hydrogen-bond donors (Lipinski definition) is 0. The van der Waals surface area contributed by atoms with E-state index in [-0.39, 0.29) is 0 Å². The van der Waals surface area contributed by atoms with Gasteiger partial charge in [0.25, 0.3) is 0 Å². The molecular formula is C49H31N3S. The average Bonchev–Trinajstić information content (AvgIpc) is 3.91. The molecule has 3 nitrogen and oxygen atoms in total. The Morgan fingerprint density at radius 1 is 0.340 bits per heavy atom. The lowest BCUT2D eigenvalue weighted by Crippen LogP contribution is -1.96. The molecule has 3 aromatic heterocycles. The quantitative estimate of drug-likeness (QED) is 0.176. The number of rotatable bonds is 5. The highest BCUT2D eigenvalue weighted by Gasteiger charge is 2.18. The first-order valence-corrected chi connectivity index (χ1v) is 18.8. The van der Waals surface area contributed by atoms with Gasteiger partial charge in [-0.2, -0.15) is 0 Å². The van der Waals surface area contributed by atoms with Crippen LogP contribution in [0.2, 0.25) is 0 Å². The van der Waals surface area contributed by atoms with Crippen molar-refractivity contribution in [2.45, 2.75) is 0 Å². The maximum atomic E-state index is 5.05. The summed E-state index contributed by atoms with van der Waals surface area (Å²) in [5.41, 5.74) is 14.1. The number of nitrogens with zero attached hydrogens (tertiary/aromatic N) is 3. The van der Waals surface area contributed by atoms with Crippen LogP contribution in [-0.4, -0.2) is 14.1 Å². The number of benzene rings is 8. The van der Waals surface area contributed by atoms with E-state index in [2.05, 4.69) is 197 Å². The Morgan fingerprint density at radius 3 is 1.43 bits per heavy atom. The molecule has 0 atom stereocenters. The van der Waals surface area contributed by atoms with Gasteiger partial charge in [-0.1, -0.05) is 133 Å². The van der Waals surface area contributed by atoms with Gasteiger partial charge in [0.15, 0.2) is 5.13 Å². The number of aromatic nitrogens is 3. The van der Waals surface area contributed by atoms with Crippen LogP contribution < -0.4 is 0 Å². The van der Waals surface area contributed by atoms with Gasteiger partial charge in [0.05, 0.1) is 32.3 Å². The molecular weight excluding hydrogens is 663 g/mol. The molecule has 0 spiro atoms. The summed E-state index contributed by atoms with van der Waals surface area (Å²) in [7, 11) is 0. The van der Waals surface area contributed by atoms with Crippen molar-refractivity contribution in [2.24, 2.45) is 0 Å². The lowest BCUT2D eigenvalue weighted by molar-refractivity contribution is 1.15. The highest BCUT2D eigenvalue weighted by molar-refractivity contribution is 7.20. The molecule has 0 aliphatic carbocycles. The summed E-state index contributed by atoms with van der Waals surface area (Å²) in [6, 6.07) is 68.1. The van der Waals surface area contributed by atoms with Gasteiger partial charge in [-0.25, -0.2) is 4.98 Å². The maximum absolute atomic E-state index is 5.05. The molecule has 0 radical (unpaired) electrons. The highest BCUT2D eigenvalue weighted by Crippen LogP contribution is 2.40. The van der Waals surface area contributed by atoms with Gasteiger partial charge in [0, 0.05) is 27.2 Å². The lowest BCUT2D eigenvalue weighted by atomic mass is 9.98. The van der Waals surface area contributed by atoms with Crippen molar-refractivity contribution in [1.29, 1.82) is 0 Å². The van der Waals surface area contributed by atoms with Crippen molar-refractivity contribution in [3.63, 3.8) is 0 Å². The van der Waals surface area contributed by atoms with Crippen molar-refractivity contribution in [3.05, 3.63) is 188 Å². The Labute approximate surface area is 310 Å². The fraction of sp³-hybridized carbons (Fsp3) is 0. The van der Waals surface area contributed by atoms with Gasteiger partial charge in [-0.15, -0.1) is 0 Å². The Kier molecular flexibility index (Phi) is 6.73. The smallest absolute Gasteiger partial charge is 0.195 e. The van der Waals surface area contributed by atoms with Gasteiger partial charge in [-0.3, -0.25) is 4.57 Å². The van der Waals surface area contributed by atoms with Crippen LogP contribution in [0.3, 0.4) is 0 Å². The molecule has 53 heavy (non-hydrogen) atoms. The third-order valence-corrected chi connectivity index (χ3v) is 11.6. The molecule has 0 saturated heterocycles. The second kappa shape index (κ2) is 11.9. The summed E-state index contributed by atoms with van der Waals surface area (Å²) in [4.78, 5) is 5.05. The Morgan fingerprint density at radius 2 is 0.830 bits per heavy atom. The van der Waals surface area contributed by atoms with Crippen molar-refractivity contribution < 1.29 is 0 Å². The Balaban J connectivity index is 1.10. The van der Waals surface area contributed by atoms with E-state index in [0.717, 1.165) is 16.3 Å². The SMILES string of the molecule is c1ccc(-c2cc(-c3ccccc3)cc(-n3c4ccccc4c4cc(-c5ccc6c(c5)c5ccccc5n6-c5nc6ccccc6s5)ccc43)c2)cc1. The van der Waals surface area contributed by atoms with Crippen LogP contribution in [0.25, 0.3) is 98.0 Å². The minimum Gasteiger partial charge on any atom is -0.309 e. The summed E-state index contributed by atoms with van der Waals surface area (Å²) < 4.78 is 5.95. The molecule has 3 heterocycles. The van der Waals surface area contributed by atoms with E-state index in [9.17, 15) is 0 Å². The highest BCUT2D eigenvalue weighted by atomic mass is 32.1. The van der Waals surface area contributed by atoms with Crippen LogP contribution in [0.5, 0.6) is 0 Å². The zero-order valence-electron chi connectivity index (χ0n) is 28.6. The van der Waals surface area contributed by atoms with Crippen molar-refractivity contribution in [2.75, 3.05) is 0 Å². The molecule has 0 amide bonds. The molecule has 0 bridgehead atoms. The van der Waals surface area contributed by atoms with Crippen LogP contribution in [0.1, 0.15) is 0 Å². The predicted octanol–water partition coefficient (Wildman–Crippen LogP) is 13.5. The molecule has 0 aliphatic rings. The summed E-state index contributed by atoms with van der Waals surface area (Å²) in [6.45, 7) is 0. The Bertz CT molecular complexity index is 3080. The zero-order chi connectivity index (χ0) is 34.9. The van der Waals surface area contributed by atoms with E-state index in [1.165, 1.54) is 81.7 Å². The number of thiazole rings is 1. The fourth-order valence-electron chi connectivity index (χ4n) is 8.08. The van der Waals surface area contributed by atoms with Gasteiger partial charge < -0.3 is 4.57 Å². The van der Waals surface area contributed by atoms with E-state index in [1.807, 2.05) is 0 Å². The molecule has 0 aliphatic heterocycles. The minimum absolute atomic E-state index is 0.992. The zero-order valence-corrected chi connectivity index (χ0v) is 29.5. The van der Waals surface area contributed by atoms with E-state index >= 15 is 0 Å². The standard InChI is InChI=1S/C49H31N3S/c1-3-13-32(14-4-1)36-27-37(33-15-5-2-6-16-33)29-38(28-36)51-44-20-10-7-17-39(44)41-30-34(23-25-46(41)51)35-24-26-47-42(31-35)40-18-8-11-21-45(40)52(47)49-50-43-19-9-12-22-48(43)53-49/h1-31H. The largest absolute Gasteiger partial charge is 0.309 e. The molecule has 0 N–H and O–H groups in total. The normalized spacial score (nSPS) is 11.8. The summed E-state index contributed by atoms with van der Waals surface area (Å²) in [6.07, 6.45) is 0. The number of para-hydroxylation sites is 3. The number of fused-ring (bicyclic) bond motifs is 7. The lowest BCUT2D eigenvalue weighted by Gasteiger charge is -2.14. The van der Waals surface area contributed by atoms with E-state index in [0.29, 0.717) is 0 Å². The molecule has 4 heteroatoms. The summed E-state index contributed by atoms with van der Waals surface area (Å²) in [5.74, 6) is 0. The monoisotopic (exact) mass is 693 g/mol. The molecule has 248 valence electrons. The van der Waals surface area contributed by atoms with Gasteiger partial charge in [-0.05, 0) is 100 Å². The summed E-state index contributed by atoms with van der Waals surface area (Å²) in [5, 5.41) is 5.93. The molecule has 11 rings (SSSR count). The second-order valence-electron chi connectivity index (χ2n) is 13.6. The van der Waals surface area contributed by atoms with Crippen molar-refractivity contribution in [3.8, 4) is 44.2 Å². The predicted molar refractivity (Wildman–Crippen MR) is 225 cm³/mol. The third kappa shape index (κ3) is 4.84. The second-order valence-corrected chi connectivity index (χ2v) is 14.6. The van der Waals surface area contributed by atoms with E-state index < -0.39 is 0 Å².